The normalized spacial score (nSPS) is 14.0. The van der Waals surface area contributed by atoms with E-state index in [4.69, 9.17) is 14.9 Å². The van der Waals surface area contributed by atoms with Gasteiger partial charge in [0.1, 0.15) is 29.4 Å². The molecule has 0 radical (unpaired) electrons. The van der Waals surface area contributed by atoms with E-state index in [9.17, 15) is 18.8 Å². The molecule has 3 aromatic carbocycles. The van der Waals surface area contributed by atoms with Gasteiger partial charge in [-0.25, -0.2) is 14.0 Å². The number of ether oxygens (including phenoxy) is 2. The molecule has 0 unspecified atom stereocenters. The van der Waals surface area contributed by atoms with Crippen molar-refractivity contribution in [2.24, 2.45) is 0 Å². The molecule has 4 rings (SSSR count). The molecule has 44 heavy (non-hydrogen) atoms. The Morgan fingerprint density at radius 3 is 2.18 bits per heavy atom. The Kier molecular flexibility index (Phi) is 10.9. The van der Waals surface area contributed by atoms with Crippen LogP contribution in [0.4, 0.5) is 14.9 Å². The Labute approximate surface area is 258 Å². The highest BCUT2D eigenvalue weighted by Gasteiger charge is 2.36. The number of benzene rings is 3. The number of nitrogens with one attached hydrogen (secondary N) is 2. The summed E-state index contributed by atoms with van der Waals surface area (Å²) in [5.41, 5.74) is 1.76. The maximum absolute atomic E-state index is 13.6. The first kappa shape index (κ1) is 32.4. The predicted molar refractivity (Wildman–Crippen MR) is 167 cm³/mol. The van der Waals surface area contributed by atoms with Crippen LogP contribution in [0.1, 0.15) is 74.4 Å². The van der Waals surface area contributed by atoms with Gasteiger partial charge in [0.25, 0.3) is 0 Å². The first-order valence-electron chi connectivity index (χ1n) is 14.9. The average Bonchev–Trinajstić information content (AvgIpc) is 3.48. The van der Waals surface area contributed by atoms with Gasteiger partial charge in [0.05, 0.1) is 6.42 Å². The summed E-state index contributed by atoms with van der Waals surface area (Å²) in [6.45, 7) is 5.43. The van der Waals surface area contributed by atoms with Crippen molar-refractivity contribution in [3.05, 3.63) is 101 Å². The van der Waals surface area contributed by atoms with Gasteiger partial charge in [-0.3, -0.25) is 15.1 Å². The first-order chi connectivity index (χ1) is 21.0. The standard InChI is InChI=1S/C35H40FN3O5/c1-35(2,3)44-34(42)39(30(21-24-9-5-4-6-10-24)33(41)43-29-11-7-8-12-29)23-25-13-19-28(20-14-25)38-32(37)22-31(40)26-15-17-27(36)18-16-26/h4-6,9-10,13-20,29-30H,7-8,11-12,21-23H2,1-3H3,(H2,37,38)/t30-/m0/s1. The van der Waals surface area contributed by atoms with Gasteiger partial charge < -0.3 is 14.8 Å². The van der Waals surface area contributed by atoms with Gasteiger partial charge in [0.2, 0.25) is 0 Å². The molecule has 0 saturated heterocycles. The predicted octanol–water partition coefficient (Wildman–Crippen LogP) is 7.32. The lowest BCUT2D eigenvalue weighted by Crippen LogP contribution is -2.49. The Hall–Kier alpha value is -4.53. The van der Waals surface area contributed by atoms with E-state index in [1.165, 1.54) is 29.2 Å². The Balaban J connectivity index is 1.50. The second-order valence-electron chi connectivity index (χ2n) is 12.1. The number of ketones is 1. The molecule has 232 valence electrons. The molecule has 2 N–H and O–H groups in total. The van der Waals surface area contributed by atoms with Crippen LogP contribution in [0, 0.1) is 11.2 Å². The lowest BCUT2D eigenvalue weighted by Gasteiger charge is -2.33. The number of hydrogen-bond donors (Lipinski definition) is 2. The maximum Gasteiger partial charge on any atom is 0.411 e. The molecule has 1 saturated carbocycles. The summed E-state index contributed by atoms with van der Waals surface area (Å²) in [5, 5.41) is 11.1. The number of anilines is 1. The van der Waals surface area contributed by atoms with Crippen molar-refractivity contribution >= 4 is 29.4 Å². The molecule has 1 aliphatic rings. The summed E-state index contributed by atoms with van der Waals surface area (Å²) in [4.78, 5) is 41.1. The van der Waals surface area contributed by atoms with E-state index in [0.29, 0.717) is 11.3 Å². The fraction of sp³-hybridized carbons (Fsp3) is 0.371. The molecule has 0 bridgehead atoms. The van der Waals surface area contributed by atoms with Gasteiger partial charge in [0.15, 0.2) is 5.78 Å². The zero-order valence-electron chi connectivity index (χ0n) is 25.5. The maximum atomic E-state index is 13.6. The van der Waals surface area contributed by atoms with Crippen LogP contribution >= 0.6 is 0 Å². The fourth-order valence-corrected chi connectivity index (χ4v) is 5.04. The highest BCUT2D eigenvalue weighted by Crippen LogP contribution is 2.25. The molecule has 0 aromatic heterocycles. The minimum atomic E-state index is -0.906. The summed E-state index contributed by atoms with van der Waals surface area (Å²) in [7, 11) is 0. The number of carbonyl (C=O) groups excluding carboxylic acids is 3. The smallest absolute Gasteiger partial charge is 0.411 e. The highest BCUT2D eigenvalue weighted by atomic mass is 19.1. The lowest BCUT2D eigenvalue weighted by molar-refractivity contribution is -0.155. The summed E-state index contributed by atoms with van der Waals surface area (Å²) in [6, 6.07) is 20.9. The lowest BCUT2D eigenvalue weighted by atomic mass is 10.0. The number of amides is 1. The van der Waals surface area contributed by atoms with Gasteiger partial charge in [-0.05, 0) is 94.0 Å². The van der Waals surface area contributed by atoms with Crippen LogP contribution in [0.2, 0.25) is 0 Å². The van der Waals surface area contributed by atoms with Crippen LogP contribution < -0.4 is 5.32 Å². The van der Waals surface area contributed by atoms with E-state index < -0.39 is 29.5 Å². The third-order valence-corrected chi connectivity index (χ3v) is 7.24. The largest absolute Gasteiger partial charge is 0.461 e. The van der Waals surface area contributed by atoms with E-state index in [1.54, 1.807) is 45.0 Å². The Morgan fingerprint density at radius 2 is 1.57 bits per heavy atom. The van der Waals surface area contributed by atoms with Crippen molar-refractivity contribution in [1.82, 2.24) is 4.90 Å². The topological polar surface area (TPSA) is 109 Å². The van der Waals surface area contributed by atoms with E-state index in [-0.39, 0.29) is 37.1 Å². The van der Waals surface area contributed by atoms with Crippen LogP contribution in [0.15, 0.2) is 78.9 Å². The third kappa shape index (κ3) is 9.76. The average molecular weight is 602 g/mol. The van der Waals surface area contributed by atoms with Crippen LogP contribution in [-0.2, 0) is 27.2 Å². The van der Waals surface area contributed by atoms with Crippen LogP contribution in [-0.4, -0.2) is 46.3 Å². The quantitative estimate of drug-likeness (QED) is 0.103. The number of Topliss-reactive ketones (excluding diaryl/α,β-unsaturated/α-hetero) is 1. The zero-order valence-corrected chi connectivity index (χ0v) is 25.5. The molecule has 0 heterocycles. The SMILES string of the molecule is CC(C)(C)OC(=O)N(Cc1ccc(NC(=N)CC(=O)c2ccc(F)cc2)cc1)[C@@H](Cc1ccccc1)C(=O)OC1CCCC1. The van der Waals surface area contributed by atoms with Gasteiger partial charge >= 0.3 is 12.1 Å². The zero-order chi connectivity index (χ0) is 31.7. The minimum absolute atomic E-state index is 0.0139. The molecule has 1 aliphatic carbocycles. The molecule has 1 atom stereocenters. The number of amidine groups is 1. The molecular formula is C35H40FN3O5. The van der Waals surface area contributed by atoms with Crippen molar-refractivity contribution in [3.63, 3.8) is 0 Å². The van der Waals surface area contributed by atoms with Crippen molar-refractivity contribution < 1.29 is 28.2 Å². The molecule has 3 aromatic rings. The number of carbonyl (C=O) groups is 3. The van der Waals surface area contributed by atoms with Crippen LogP contribution in [0.25, 0.3) is 0 Å². The third-order valence-electron chi connectivity index (χ3n) is 7.24. The van der Waals surface area contributed by atoms with Crippen molar-refractivity contribution in [2.75, 3.05) is 5.32 Å². The van der Waals surface area contributed by atoms with E-state index in [1.807, 2.05) is 30.3 Å². The molecule has 1 amide bonds. The van der Waals surface area contributed by atoms with Crippen molar-refractivity contribution in [1.29, 1.82) is 5.41 Å². The number of hydrogen-bond acceptors (Lipinski definition) is 6. The summed E-state index contributed by atoms with van der Waals surface area (Å²) < 4.78 is 24.8. The van der Waals surface area contributed by atoms with Crippen molar-refractivity contribution in [2.45, 2.75) is 83.6 Å². The molecule has 0 spiro atoms. The second-order valence-corrected chi connectivity index (χ2v) is 12.1. The minimum Gasteiger partial charge on any atom is -0.461 e. The molecular weight excluding hydrogens is 561 g/mol. The summed E-state index contributed by atoms with van der Waals surface area (Å²) >= 11 is 0. The summed E-state index contributed by atoms with van der Waals surface area (Å²) in [5.74, 6) is -1.21. The number of nitrogens with zero attached hydrogens (tertiary/aromatic N) is 1. The van der Waals surface area contributed by atoms with Crippen LogP contribution in [0.5, 0.6) is 0 Å². The monoisotopic (exact) mass is 601 g/mol. The summed E-state index contributed by atoms with van der Waals surface area (Å²) in [6.07, 6.45) is 2.96. The Morgan fingerprint density at radius 1 is 0.932 bits per heavy atom. The van der Waals surface area contributed by atoms with E-state index in [0.717, 1.165) is 36.8 Å². The number of halogens is 1. The van der Waals surface area contributed by atoms with Gasteiger partial charge in [-0.1, -0.05) is 42.5 Å². The van der Waals surface area contributed by atoms with Gasteiger partial charge in [-0.2, -0.15) is 0 Å². The number of esters is 1. The van der Waals surface area contributed by atoms with Crippen molar-refractivity contribution in [3.8, 4) is 0 Å². The molecule has 9 heteroatoms. The van der Waals surface area contributed by atoms with Gasteiger partial charge in [-0.15, -0.1) is 0 Å². The molecule has 8 nitrogen and oxygen atoms in total. The van der Waals surface area contributed by atoms with E-state index >= 15 is 0 Å². The Bertz CT molecular complexity index is 1430. The van der Waals surface area contributed by atoms with Gasteiger partial charge in [0, 0.05) is 24.2 Å². The van der Waals surface area contributed by atoms with Crippen LogP contribution in [0.3, 0.4) is 0 Å². The van der Waals surface area contributed by atoms with E-state index in [2.05, 4.69) is 5.32 Å². The fourth-order valence-electron chi connectivity index (χ4n) is 5.04. The first-order valence-corrected chi connectivity index (χ1v) is 14.9. The molecule has 1 fully saturated rings. The second kappa shape index (κ2) is 14.8. The highest BCUT2D eigenvalue weighted by molar-refractivity contribution is 6.12. The molecule has 0 aliphatic heterocycles. The number of rotatable bonds is 11.